The largest absolute Gasteiger partial charge is 0.324 e. The molecule has 2 heterocycles. The highest BCUT2D eigenvalue weighted by atomic mass is 16.9. The van der Waals surface area contributed by atoms with E-state index in [1.807, 2.05) is 37.3 Å². The highest BCUT2D eigenvalue weighted by Crippen LogP contribution is 2.24. The smallest absolute Gasteiger partial charge is 0.247 e. The molecule has 5 heteroatoms. The summed E-state index contributed by atoms with van der Waals surface area (Å²) in [7, 11) is 0. The maximum atomic E-state index is 12.0. The number of benzene rings is 1. The van der Waals surface area contributed by atoms with Gasteiger partial charge in [-0.25, -0.2) is 5.01 Å². The fourth-order valence-corrected chi connectivity index (χ4v) is 2.41. The van der Waals surface area contributed by atoms with Crippen LogP contribution in [0.4, 0.5) is 5.69 Å². The molecular weight excluding hydrogens is 256 g/mol. The average molecular weight is 274 g/mol. The molecule has 0 unspecified atom stereocenters. The van der Waals surface area contributed by atoms with Crippen LogP contribution in [0.25, 0.3) is 0 Å². The lowest BCUT2D eigenvalue weighted by atomic mass is 10.1. The SMILES string of the molecule is CC1OC(CCC2=NN(c3ccccc3)C(=O)CC2)O1. The standard InChI is InChI=1S/C15H18N2O3/c1-11-19-15(20-11)10-8-12-7-9-14(18)17(16-12)13-5-3-2-4-6-13/h2-6,11,15H,7-10H2,1H3. The molecule has 0 saturated carbocycles. The van der Waals surface area contributed by atoms with Crippen molar-refractivity contribution in [2.24, 2.45) is 5.10 Å². The Kier molecular flexibility index (Phi) is 3.80. The van der Waals surface area contributed by atoms with Crippen molar-refractivity contribution in [3.8, 4) is 0 Å². The van der Waals surface area contributed by atoms with Crippen molar-refractivity contribution in [1.29, 1.82) is 0 Å². The molecule has 0 radical (unpaired) electrons. The molecule has 5 nitrogen and oxygen atoms in total. The van der Waals surface area contributed by atoms with E-state index in [0.717, 1.165) is 30.7 Å². The van der Waals surface area contributed by atoms with Crippen LogP contribution >= 0.6 is 0 Å². The summed E-state index contributed by atoms with van der Waals surface area (Å²) < 4.78 is 10.8. The maximum Gasteiger partial charge on any atom is 0.247 e. The Bertz CT molecular complexity index is 509. The highest BCUT2D eigenvalue weighted by Gasteiger charge is 2.28. The fourth-order valence-electron chi connectivity index (χ4n) is 2.41. The van der Waals surface area contributed by atoms with Gasteiger partial charge in [0.2, 0.25) is 5.91 Å². The van der Waals surface area contributed by atoms with Crippen molar-refractivity contribution in [1.82, 2.24) is 0 Å². The third-order valence-corrected chi connectivity index (χ3v) is 3.46. The molecule has 0 aliphatic carbocycles. The van der Waals surface area contributed by atoms with Crippen LogP contribution in [-0.2, 0) is 14.3 Å². The van der Waals surface area contributed by atoms with Crippen molar-refractivity contribution in [2.75, 3.05) is 5.01 Å². The Morgan fingerprint density at radius 2 is 2.00 bits per heavy atom. The van der Waals surface area contributed by atoms with Gasteiger partial charge in [0.05, 0.1) is 5.69 Å². The van der Waals surface area contributed by atoms with E-state index >= 15 is 0 Å². The van der Waals surface area contributed by atoms with Gasteiger partial charge in [0, 0.05) is 18.6 Å². The van der Waals surface area contributed by atoms with E-state index in [4.69, 9.17) is 9.47 Å². The summed E-state index contributed by atoms with van der Waals surface area (Å²) in [5.41, 5.74) is 1.85. The van der Waals surface area contributed by atoms with Crippen molar-refractivity contribution in [3.63, 3.8) is 0 Å². The predicted octanol–water partition coefficient (Wildman–Crippen LogP) is 2.67. The number of hydrogen-bond donors (Lipinski definition) is 0. The summed E-state index contributed by atoms with van der Waals surface area (Å²) in [5.74, 6) is 0.0460. The first kappa shape index (κ1) is 13.3. The van der Waals surface area contributed by atoms with Crippen LogP contribution in [0.5, 0.6) is 0 Å². The van der Waals surface area contributed by atoms with Gasteiger partial charge < -0.3 is 9.47 Å². The van der Waals surface area contributed by atoms with E-state index in [0.29, 0.717) is 6.42 Å². The van der Waals surface area contributed by atoms with Crippen LogP contribution < -0.4 is 5.01 Å². The summed E-state index contributed by atoms with van der Waals surface area (Å²) >= 11 is 0. The Hall–Kier alpha value is -1.72. The van der Waals surface area contributed by atoms with Crippen LogP contribution in [0.3, 0.4) is 0 Å². The van der Waals surface area contributed by atoms with Gasteiger partial charge in [-0.3, -0.25) is 4.79 Å². The zero-order valence-electron chi connectivity index (χ0n) is 11.5. The minimum absolute atomic E-state index is 0.0460. The second kappa shape index (κ2) is 5.73. The molecule has 1 aromatic carbocycles. The summed E-state index contributed by atoms with van der Waals surface area (Å²) in [6.07, 6.45) is 2.63. The number of hydrogen-bond acceptors (Lipinski definition) is 4. The first-order chi connectivity index (χ1) is 9.72. The number of para-hydroxylation sites is 1. The predicted molar refractivity (Wildman–Crippen MR) is 75.3 cm³/mol. The molecule has 0 aromatic heterocycles. The highest BCUT2D eigenvalue weighted by molar-refractivity contribution is 6.01. The molecule has 0 atom stereocenters. The topological polar surface area (TPSA) is 51.1 Å². The zero-order chi connectivity index (χ0) is 13.9. The van der Waals surface area contributed by atoms with E-state index in [1.54, 1.807) is 0 Å². The molecule has 1 aromatic rings. The molecule has 106 valence electrons. The minimum Gasteiger partial charge on any atom is -0.324 e. The molecule has 1 amide bonds. The Balaban J connectivity index is 1.64. The van der Waals surface area contributed by atoms with Gasteiger partial charge in [-0.2, -0.15) is 5.10 Å². The number of anilines is 1. The molecule has 1 fully saturated rings. The minimum atomic E-state index is -0.115. The van der Waals surface area contributed by atoms with Gasteiger partial charge >= 0.3 is 0 Å². The van der Waals surface area contributed by atoms with E-state index in [2.05, 4.69) is 5.10 Å². The van der Waals surface area contributed by atoms with Crippen LogP contribution in [-0.4, -0.2) is 24.2 Å². The van der Waals surface area contributed by atoms with E-state index in [-0.39, 0.29) is 18.5 Å². The summed E-state index contributed by atoms with van der Waals surface area (Å²) in [6.45, 7) is 1.88. The van der Waals surface area contributed by atoms with Gasteiger partial charge in [-0.15, -0.1) is 0 Å². The first-order valence-electron chi connectivity index (χ1n) is 6.97. The van der Waals surface area contributed by atoms with E-state index in [9.17, 15) is 4.79 Å². The second-order valence-electron chi connectivity index (χ2n) is 5.02. The number of ether oxygens (including phenoxy) is 2. The second-order valence-corrected chi connectivity index (χ2v) is 5.02. The van der Waals surface area contributed by atoms with Crippen molar-refractivity contribution < 1.29 is 14.3 Å². The fraction of sp³-hybridized carbons (Fsp3) is 0.467. The van der Waals surface area contributed by atoms with Gasteiger partial charge in [0.25, 0.3) is 0 Å². The number of hydrazone groups is 1. The monoisotopic (exact) mass is 274 g/mol. The lowest BCUT2D eigenvalue weighted by molar-refractivity contribution is -0.376. The van der Waals surface area contributed by atoms with Crippen molar-refractivity contribution >= 4 is 17.3 Å². The molecule has 0 bridgehead atoms. The van der Waals surface area contributed by atoms with Crippen LogP contribution in [0, 0.1) is 0 Å². The van der Waals surface area contributed by atoms with Gasteiger partial charge in [0.1, 0.15) is 0 Å². The molecule has 20 heavy (non-hydrogen) atoms. The number of rotatable bonds is 4. The molecule has 0 N–H and O–H groups in total. The average Bonchev–Trinajstić information content (AvgIpc) is 2.45. The van der Waals surface area contributed by atoms with Crippen molar-refractivity contribution in [2.45, 2.75) is 45.2 Å². The molecule has 2 aliphatic heterocycles. The molecule has 2 aliphatic rings. The summed E-state index contributed by atoms with van der Waals surface area (Å²) in [6, 6.07) is 9.52. The Labute approximate surface area is 118 Å². The van der Waals surface area contributed by atoms with Crippen LogP contribution in [0.1, 0.15) is 32.6 Å². The van der Waals surface area contributed by atoms with Gasteiger partial charge in [-0.1, -0.05) is 18.2 Å². The lowest BCUT2D eigenvalue weighted by Gasteiger charge is -2.34. The zero-order valence-corrected chi connectivity index (χ0v) is 11.5. The number of carbonyl (C=O) groups is 1. The summed E-state index contributed by atoms with van der Waals surface area (Å²) in [4.78, 5) is 12.0. The Morgan fingerprint density at radius 1 is 1.25 bits per heavy atom. The number of amides is 1. The molecule has 0 spiro atoms. The van der Waals surface area contributed by atoms with Gasteiger partial charge in [-0.05, 0) is 31.9 Å². The lowest BCUT2D eigenvalue weighted by Crippen LogP contribution is -2.39. The molecule has 3 rings (SSSR count). The van der Waals surface area contributed by atoms with Crippen LogP contribution in [0.15, 0.2) is 35.4 Å². The Morgan fingerprint density at radius 3 is 2.70 bits per heavy atom. The van der Waals surface area contributed by atoms with E-state index in [1.165, 1.54) is 5.01 Å². The number of carbonyl (C=O) groups excluding carboxylic acids is 1. The third-order valence-electron chi connectivity index (χ3n) is 3.46. The molecular formula is C15H18N2O3. The quantitative estimate of drug-likeness (QED) is 0.848. The van der Waals surface area contributed by atoms with Gasteiger partial charge in [0.15, 0.2) is 12.6 Å². The summed E-state index contributed by atoms with van der Waals surface area (Å²) in [5, 5.41) is 5.98. The maximum absolute atomic E-state index is 12.0. The van der Waals surface area contributed by atoms with Crippen molar-refractivity contribution in [3.05, 3.63) is 30.3 Å². The third kappa shape index (κ3) is 2.89. The van der Waals surface area contributed by atoms with Crippen LogP contribution in [0.2, 0.25) is 0 Å². The normalized spacial score (nSPS) is 26.1. The molecule has 1 saturated heterocycles. The van der Waals surface area contributed by atoms with E-state index < -0.39 is 0 Å². The number of nitrogens with zero attached hydrogens (tertiary/aromatic N) is 2. The first-order valence-corrected chi connectivity index (χ1v) is 6.97.